The van der Waals surface area contributed by atoms with E-state index in [1.54, 1.807) is 0 Å². The third-order valence-corrected chi connectivity index (χ3v) is 4.25. The highest BCUT2D eigenvalue weighted by atomic mass is 32.2. The number of hydrogen-bond acceptors (Lipinski definition) is 1. The van der Waals surface area contributed by atoms with Gasteiger partial charge in [-0.3, -0.25) is 0 Å². The van der Waals surface area contributed by atoms with Crippen LogP contribution in [-0.2, 0) is 5.75 Å². The van der Waals surface area contributed by atoms with Gasteiger partial charge in [-0.15, -0.1) is 0 Å². The van der Waals surface area contributed by atoms with Gasteiger partial charge in [0.15, 0.2) is 11.0 Å². The molecule has 19 heavy (non-hydrogen) atoms. The van der Waals surface area contributed by atoms with Crippen LogP contribution in [0.15, 0.2) is 47.6 Å². The zero-order valence-electron chi connectivity index (χ0n) is 11.2. The molecule has 96 valence electrons. The predicted molar refractivity (Wildman–Crippen MR) is 80.3 cm³/mol. The zero-order valence-corrected chi connectivity index (χ0v) is 12.0. The van der Waals surface area contributed by atoms with E-state index in [-0.39, 0.29) is 0 Å². The van der Waals surface area contributed by atoms with Crippen LogP contribution in [0, 0.1) is 13.8 Å². The summed E-state index contributed by atoms with van der Waals surface area (Å²) in [5.41, 5.74) is 6.35. The SMILES string of the molecule is Cc1ccc2[nH+]c(SCc3ccccc3C)[nH]c2c1. The summed E-state index contributed by atoms with van der Waals surface area (Å²) >= 11 is 1.81. The second-order valence-corrected chi connectivity index (χ2v) is 5.83. The molecule has 0 fully saturated rings. The fourth-order valence-electron chi connectivity index (χ4n) is 2.14. The van der Waals surface area contributed by atoms with Gasteiger partial charge >= 0.3 is 5.16 Å². The van der Waals surface area contributed by atoms with Gasteiger partial charge in [0.2, 0.25) is 0 Å². The first-order valence-electron chi connectivity index (χ1n) is 6.41. The molecule has 0 bridgehead atoms. The quantitative estimate of drug-likeness (QED) is 0.718. The molecule has 0 aliphatic carbocycles. The lowest BCUT2D eigenvalue weighted by molar-refractivity contribution is -0.396. The Balaban J connectivity index is 1.80. The van der Waals surface area contributed by atoms with Crippen molar-refractivity contribution < 1.29 is 4.98 Å². The van der Waals surface area contributed by atoms with E-state index in [4.69, 9.17) is 0 Å². The Labute approximate surface area is 117 Å². The molecule has 0 saturated carbocycles. The molecule has 0 spiro atoms. The Kier molecular flexibility index (Phi) is 3.30. The summed E-state index contributed by atoms with van der Waals surface area (Å²) in [6.45, 7) is 4.27. The number of aryl methyl sites for hydroxylation is 2. The first-order chi connectivity index (χ1) is 9.22. The van der Waals surface area contributed by atoms with Crippen molar-refractivity contribution in [3.05, 3.63) is 59.2 Å². The van der Waals surface area contributed by atoms with Gasteiger partial charge < -0.3 is 0 Å². The van der Waals surface area contributed by atoms with Gasteiger partial charge in [-0.05, 0) is 54.4 Å². The first-order valence-corrected chi connectivity index (χ1v) is 7.40. The van der Waals surface area contributed by atoms with Crippen LogP contribution in [0.5, 0.6) is 0 Å². The standard InChI is InChI=1S/C16H16N2S/c1-11-7-8-14-15(9-11)18-16(17-14)19-10-13-6-4-3-5-12(13)2/h3-9H,10H2,1-2H3,(H,17,18)/p+1. The zero-order chi connectivity index (χ0) is 13.2. The Bertz CT molecular complexity index is 716. The molecule has 1 aromatic heterocycles. The van der Waals surface area contributed by atoms with E-state index in [0.29, 0.717) is 0 Å². The lowest BCUT2D eigenvalue weighted by atomic mass is 10.1. The molecule has 3 rings (SSSR count). The van der Waals surface area contributed by atoms with Crippen molar-refractivity contribution in [1.82, 2.24) is 4.98 Å². The minimum Gasteiger partial charge on any atom is -0.231 e. The maximum atomic E-state index is 3.43. The third kappa shape index (κ3) is 2.66. The van der Waals surface area contributed by atoms with Crippen LogP contribution in [0.3, 0.4) is 0 Å². The lowest BCUT2D eigenvalue weighted by Gasteiger charge is -2.01. The van der Waals surface area contributed by atoms with Gasteiger partial charge in [0.05, 0.1) is 0 Å². The summed E-state index contributed by atoms with van der Waals surface area (Å²) in [5, 5.41) is 1.11. The van der Waals surface area contributed by atoms with E-state index in [2.05, 4.69) is 66.3 Å². The smallest absolute Gasteiger partial charge is 0.231 e. The number of aromatic nitrogens is 2. The van der Waals surface area contributed by atoms with Crippen molar-refractivity contribution in [1.29, 1.82) is 0 Å². The molecule has 0 aliphatic heterocycles. The number of rotatable bonds is 3. The number of benzene rings is 2. The van der Waals surface area contributed by atoms with Crippen LogP contribution in [0.1, 0.15) is 16.7 Å². The van der Waals surface area contributed by atoms with Crippen molar-refractivity contribution in [3.63, 3.8) is 0 Å². The summed E-state index contributed by atoms with van der Waals surface area (Å²) in [4.78, 5) is 6.85. The monoisotopic (exact) mass is 269 g/mol. The molecule has 0 amide bonds. The van der Waals surface area contributed by atoms with Crippen LogP contribution >= 0.6 is 11.8 Å². The molecule has 0 unspecified atom stereocenters. The average molecular weight is 269 g/mol. The van der Waals surface area contributed by atoms with Crippen molar-refractivity contribution in [3.8, 4) is 0 Å². The second kappa shape index (κ2) is 5.10. The van der Waals surface area contributed by atoms with Crippen LogP contribution in [-0.4, -0.2) is 4.98 Å². The van der Waals surface area contributed by atoms with Gasteiger partial charge in [-0.1, -0.05) is 30.3 Å². The Hall–Kier alpha value is -1.74. The second-order valence-electron chi connectivity index (χ2n) is 4.84. The fourth-order valence-corrected chi connectivity index (χ4v) is 3.13. The lowest BCUT2D eigenvalue weighted by Crippen LogP contribution is -2.01. The fraction of sp³-hybridized carbons (Fsp3) is 0.188. The molecule has 3 heteroatoms. The first kappa shape index (κ1) is 12.3. The summed E-state index contributed by atoms with van der Waals surface area (Å²) < 4.78 is 0. The van der Waals surface area contributed by atoms with E-state index in [1.165, 1.54) is 22.2 Å². The molecule has 1 heterocycles. The number of imidazole rings is 1. The minimum absolute atomic E-state index is 0.981. The highest BCUT2D eigenvalue weighted by Crippen LogP contribution is 2.22. The van der Waals surface area contributed by atoms with Gasteiger partial charge in [0.1, 0.15) is 0 Å². The van der Waals surface area contributed by atoms with E-state index >= 15 is 0 Å². The molecular weight excluding hydrogens is 252 g/mol. The van der Waals surface area contributed by atoms with Gasteiger partial charge in [-0.2, -0.15) is 0 Å². The molecule has 2 N–H and O–H groups in total. The largest absolute Gasteiger partial charge is 0.314 e. The van der Waals surface area contributed by atoms with E-state index in [9.17, 15) is 0 Å². The summed E-state index contributed by atoms with van der Waals surface area (Å²) in [6.07, 6.45) is 0. The van der Waals surface area contributed by atoms with E-state index in [0.717, 1.165) is 16.4 Å². The van der Waals surface area contributed by atoms with Crippen molar-refractivity contribution in [2.45, 2.75) is 24.8 Å². The normalized spacial score (nSPS) is 11.1. The number of fused-ring (bicyclic) bond motifs is 1. The van der Waals surface area contributed by atoms with Gasteiger partial charge in [0.25, 0.3) is 0 Å². The van der Waals surface area contributed by atoms with Crippen LogP contribution in [0.2, 0.25) is 0 Å². The Morgan fingerprint density at radius 2 is 1.95 bits per heavy atom. The molecule has 0 aliphatic rings. The number of H-pyrrole nitrogens is 2. The number of nitrogens with one attached hydrogen (secondary N) is 2. The van der Waals surface area contributed by atoms with Crippen LogP contribution in [0.25, 0.3) is 11.0 Å². The third-order valence-electron chi connectivity index (χ3n) is 3.30. The number of aromatic amines is 2. The van der Waals surface area contributed by atoms with Crippen molar-refractivity contribution >= 4 is 22.8 Å². The summed E-state index contributed by atoms with van der Waals surface area (Å²) in [7, 11) is 0. The highest BCUT2D eigenvalue weighted by Gasteiger charge is 2.11. The number of hydrogen-bond donors (Lipinski definition) is 1. The maximum Gasteiger partial charge on any atom is 0.314 e. The average Bonchev–Trinajstić information content (AvgIpc) is 2.79. The topological polar surface area (TPSA) is 29.9 Å². The Morgan fingerprint density at radius 3 is 2.79 bits per heavy atom. The Morgan fingerprint density at radius 1 is 1.11 bits per heavy atom. The highest BCUT2D eigenvalue weighted by molar-refractivity contribution is 7.98. The molecule has 2 aromatic carbocycles. The molecule has 2 nitrogen and oxygen atoms in total. The van der Waals surface area contributed by atoms with Crippen molar-refractivity contribution in [2.75, 3.05) is 0 Å². The maximum absolute atomic E-state index is 3.43. The summed E-state index contributed by atoms with van der Waals surface area (Å²) in [6, 6.07) is 15.0. The van der Waals surface area contributed by atoms with Gasteiger partial charge in [0, 0.05) is 5.75 Å². The molecule has 0 atom stereocenters. The molecular formula is C16H17N2S+. The van der Waals surface area contributed by atoms with E-state index < -0.39 is 0 Å². The van der Waals surface area contributed by atoms with Crippen molar-refractivity contribution in [2.24, 2.45) is 0 Å². The molecule has 0 saturated heterocycles. The molecule has 0 radical (unpaired) electrons. The van der Waals surface area contributed by atoms with E-state index in [1.807, 2.05) is 11.8 Å². The van der Waals surface area contributed by atoms with Crippen LogP contribution in [0.4, 0.5) is 0 Å². The summed E-state index contributed by atoms with van der Waals surface area (Å²) in [5.74, 6) is 0.981. The van der Waals surface area contributed by atoms with Gasteiger partial charge in [-0.25, -0.2) is 9.97 Å². The predicted octanol–water partition coefficient (Wildman–Crippen LogP) is 3.89. The minimum atomic E-state index is 0.981. The molecule has 3 aromatic rings. The van der Waals surface area contributed by atoms with Crippen LogP contribution < -0.4 is 4.98 Å². The number of thioether (sulfide) groups is 1.